The first-order valence-electron chi connectivity index (χ1n) is 15.7. The molecule has 0 radical (unpaired) electrons. The Balaban J connectivity index is 1.13. The number of carbonyl (C=O) groups excluding carboxylic acids is 2. The molecule has 0 aliphatic carbocycles. The van der Waals surface area contributed by atoms with E-state index >= 15 is 0 Å². The zero-order valence-corrected chi connectivity index (χ0v) is 26.3. The van der Waals surface area contributed by atoms with Gasteiger partial charge in [-0.3, -0.25) is 9.59 Å². The van der Waals surface area contributed by atoms with Crippen molar-refractivity contribution >= 4 is 23.2 Å². The lowest BCUT2D eigenvalue weighted by Crippen LogP contribution is -2.43. The van der Waals surface area contributed by atoms with Crippen LogP contribution < -0.4 is 10.6 Å². The van der Waals surface area contributed by atoms with Crippen LogP contribution in [-0.2, 0) is 11.3 Å². The average molecular weight is 625 g/mol. The molecular formula is C36H40N4O4S. The minimum Gasteiger partial charge on any atom is -0.386 e. The molecular weight excluding hydrogens is 584 g/mol. The minimum absolute atomic E-state index is 0.0431. The third-order valence-electron chi connectivity index (χ3n) is 8.69. The van der Waals surface area contributed by atoms with Gasteiger partial charge >= 0.3 is 0 Å². The summed E-state index contributed by atoms with van der Waals surface area (Å²) in [6, 6.07) is 25.8. The van der Waals surface area contributed by atoms with Crippen molar-refractivity contribution in [2.24, 2.45) is 0 Å². The first-order valence-corrected chi connectivity index (χ1v) is 16.6. The molecule has 2 saturated heterocycles. The number of amides is 2. The van der Waals surface area contributed by atoms with E-state index in [1.165, 1.54) is 0 Å². The molecule has 0 bridgehead atoms. The van der Waals surface area contributed by atoms with Gasteiger partial charge in [0, 0.05) is 41.3 Å². The van der Waals surface area contributed by atoms with E-state index < -0.39 is 12.1 Å². The quantitative estimate of drug-likeness (QED) is 0.201. The zero-order valence-electron chi connectivity index (χ0n) is 25.5. The number of thiazole rings is 1. The second-order valence-electron chi connectivity index (χ2n) is 12.0. The van der Waals surface area contributed by atoms with Gasteiger partial charge in [0.2, 0.25) is 0 Å². The molecule has 4 aromatic rings. The Morgan fingerprint density at radius 1 is 1.07 bits per heavy atom. The number of hydrogen-bond acceptors (Lipinski definition) is 7. The molecule has 0 spiro atoms. The van der Waals surface area contributed by atoms with E-state index in [4.69, 9.17) is 4.74 Å². The van der Waals surface area contributed by atoms with E-state index in [-0.39, 0.29) is 30.0 Å². The van der Waals surface area contributed by atoms with Crippen molar-refractivity contribution in [1.82, 2.24) is 20.5 Å². The van der Waals surface area contributed by atoms with Crippen LogP contribution in [0, 0.1) is 6.92 Å². The second kappa shape index (κ2) is 14.5. The number of aliphatic hydroxyl groups is 1. The number of likely N-dealkylation sites (tertiary alicyclic amines) is 1. The summed E-state index contributed by atoms with van der Waals surface area (Å²) in [5, 5.41) is 21.0. The van der Waals surface area contributed by atoms with E-state index in [9.17, 15) is 14.7 Å². The van der Waals surface area contributed by atoms with Gasteiger partial charge in [-0.2, -0.15) is 0 Å². The zero-order chi connectivity index (χ0) is 31.2. The van der Waals surface area contributed by atoms with Gasteiger partial charge in [-0.15, -0.1) is 11.3 Å². The Kier molecular flexibility index (Phi) is 10.0. The number of carbonyl (C=O) groups is 2. The molecule has 8 nitrogen and oxygen atoms in total. The van der Waals surface area contributed by atoms with E-state index in [2.05, 4.69) is 27.8 Å². The van der Waals surface area contributed by atoms with Gasteiger partial charge in [0.15, 0.2) is 0 Å². The normalized spacial score (nSPS) is 21.0. The fourth-order valence-electron chi connectivity index (χ4n) is 6.34. The van der Waals surface area contributed by atoms with Crippen LogP contribution in [-0.4, -0.2) is 58.1 Å². The number of hydrogen-bond donors (Lipinski definition) is 3. The fourth-order valence-corrected chi connectivity index (χ4v) is 7.28. The number of rotatable bonds is 11. The molecule has 9 heteroatoms. The number of aliphatic hydroxyl groups excluding tert-OH is 1. The Bertz CT molecular complexity index is 1580. The Hall–Kier alpha value is -3.89. The lowest BCUT2D eigenvalue weighted by atomic mass is 9.95. The molecule has 0 saturated carbocycles. The van der Waals surface area contributed by atoms with E-state index in [0.717, 1.165) is 41.1 Å². The molecule has 5 atom stereocenters. The summed E-state index contributed by atoms with van der Waals surface area (Å²) in [5.74, 6) is -0.425. The molecule has 1 aromatic heterocycles. The van der Waals surface area contributed by atoms with Crippen molar-refractivity contribution < 1.29 is 19.4 Å². The molecule has 234 valence electrons. The van der Waals surface area contributed by atoms with E-state index in [1.807, 2.05) is 65.7 Å². The van der Waals surface area contributed by atoms with Crippen LogP contribution in [0.4, 0.5) is 0 Å². The number of benzene rings is 3. The maximum Gasteiger partial charge on any atom is 0.254 e. The maximum absolute atomic E-state index is 13.7. The summed E-state index contributed by atoms with van der Waals surface area (Å²) in [6.07, 6.45) is 2.24. The highest BCUT2D eigenvalue weighted by Crippen LogP contribution is 2.35. The van der Waals surface area contributed by atoms with Crippen molar-refractivity contribution in [3.05, 3.63) is 123 Å². The number of nitrogens with one attached hydrogen (secondary N) is 2. The van der Waals surface area contributed by atoms with Gasteiger partial charge in [-0.25, -0.2) is 4.98 Å². The lowest BCUT2D eigenvalue weighted by Gasteiger charge is -2.27. The highest BCUT2D eigenvalue weighted by Gasteiger charge is 2.34. The second-order valence-corrected chi connectivity index (χ2v) is 12.9. The van der Waals surface area contributed by atoms with Crippen LogP contribution in [0.15, 0.2) is 90.3 Å². The summed E-state index contributed by atoms with van der Waals surface area (Å²) >= 11 is 1.59. The third kappa shape index (κ3) is 7.68. The van der Waals surface area contributed by atoms with Gasteiger partial charge in [-0.1, -0.05) is 66.7 Å². The standard InChI is InChI=1S/C36H40N4O4S/c1-24-23-45-35(38-24)32-16-9-17-40(32)36(43)28-15-8-14-27(18-28)34(42)39-31(33(41)26-12-6-3-7-13-26)20-29-19-30(21-37-29)44-22-25-10-4-2-5-11-25/h2-8,10-15,18,23,29-33,37,41H,9,16-17,19-22H2,1H3,(H,39,42)/t29-,30+,31-,32+,33?/m0/s1. The van der Waals surface area contributed by atoms with Crippen molar-refractivity contribution in [2.45, 2.75) is 69.5 Å². The summed E-state index contributed by atoms with van der Waals surface area (Å²) in [7, 11) is 0. The monoisotopic (exact) mass is 624 g/mol. The molecule has 3 aromatic carbocycles. The maximum atomic E-state index is 13.7. The van der Waals surface area contributed by atoms with Crippen LogP contribution in [0.1, 0.15) is 80.4 Å². The van der Waals surface area contributed by atoms with Gasteiger partial charge in [-0.05, 0) is 61.9 Å². The van der Waals surface area contributed by atoms with Crippen LogP contribution in [0.5, 0.6) is 0 Å². The minimum atomic E-state index is -0.904. The molecule has 1 unspecified atom stereocenters. The molecule has 6 rings (SSSR count). The number of ether oxygens (including phenoxy) is 1. The lowest BCUT2D eigenvalue weighted by molar-refractivity contribution is 0.0511. The smallest absolute Gasteiger partial charge is 0.254 e. The molecule has 3 N–H and O–H groups in total. The van der Waals surface area contributed by atoms with Crippen LogP contribution in [0.3, 0.4) is 0 Å². The predicted molar refractivity (Wildman–Crippen MR) is 175 cm³/mol. The Morgan fingerprint density at radius 2 is 1.82 bits per heavy atom. The molecule has 3 heterocycles. The summed E-state index contributed by atoms with van der Waals surface area (Å²) in [6.45, 7) is 3.88. The largest absolute Gasteiger partial charge is 0.386 e. The van der Waals surface area contributed by atoms with Crippen molar-refractivity contribution in [3.8, 4) is 0 Å². The SMILES string of the molecule is Cc1csc([C@H]2CCCN2C(=O)c2cccc(C(=O)N[C@@H](C[C@@H]3C[C@@H](OCc4ccccc4)CN3)C(O)c3ccccc3)c2)n1. The summed E-state index contributed by atoms with van der Waals surface area (Å²) in [5.41, 5.74) is 3.68. The first-order chi connectivity index (χ1) is 21.9. The topological polar surface area (TPSA) is 104 Å². The molecule has 45 heavy (non-hydrogen) atoms. The van der Waals surface area contributed by atoms with Gasteiger partial charge in [0.1, 0.15) is 5.01 Å². The number of nitrogens with zero attached hydrogens (tertiary/aromatic N) is 2. The van der Waals surface area contributed by atoms with Crippen LogP contribution >= 0.6 is 11.3 Å². The molecule has 2 amide bonds. The summed E-state index contributed by atoms with van der Waals surface area (Å²) < 4.78 is 6.16. The average Bonchev–Trinajstić information content (AvgIpc) is 3.85. The van der Waals surface area contributed by atoms with Crippen LogP contribution in [0.25, 0.3) is 0 Å². The highest BCUT2D eigenvalue weighted by molar-refractivity contribution is 7.09. The molecule has 2 aliphatic rings. The highest BCUT2D eigenvalue weighted by atomic mass is 32.1. The van der Waals surface area contributed by atoms with Gasteiger partial charge in [0.05, 0.1) is 30.9 Å². The predicted octanol–water partition coefficient (Wildman–Crippen LogP) is 5.60. The van der Waals surface area contributed by atoms with Crippen molar-refractivity contribution in [1.29, 1.82) is 0 Å². The molecule has 2 fully saturated rings. The first kappa shape index (κ1) is 31.1. The van der Waals surface area contributed by atoms with Gasteiger partial charge in [0.25, 0.3) is 11.8 Å². The number of aryl methyl sites for hydroxylation is 1. The third-order valence-corrected chi connectivity index (χ3v) is 9.76. The van der Waals surface area contributed by atoms with E-state index in [1.54, 1.807) is 35.6 Å². The van der Waals surface area contributed by atoms with Crippen LogP contribution in [0.2, 0.25) is 0 Å². The Morgan fingerprint density at radius 3 is 2.58 bits per heavy atom. The molecule has 2 aliphatic heterocycles. The van der Waals surface area contributed by atoms with E-state index in [0.29, 0.717) is 37.2 Å². The van der Waals surface area contributed by atoms with Crippen molar-refractivity contribution in [2.75, 3.05) is 13.1 Å². The van der Waals surface area contributed by atoms with Crippen molar-refractivity contribution in [3.63, 3.8) is 0 Å². The Labute approximate surface area is 268 Å². The van der Waals surface area contributed by atoms with Gasteiger partial charge < -0.3 is 25.4 Å². The number of aromatic nitrogens is 1. The summed E-state index contributed by atoms with van der Waals surface area (Å²) in [4.78, 5) is 33.8. The fraction of sp³-hybridized carbons (Fsp3) is 0.361.